The quantitative estimate of drug-likeness (QED) is 0.00834. The van der Waals surface area contributed by atoms with Gasteiger partial charge in [-0.05, 0) is 151 Å². The predicted octanol–water partition coefficient (Wildman–Crippen LogP) is 14.7. The molecule has 0 spiro atoms. The number of carbonyl (C=O) groups is 2. The number of aromatic amines is 1. The van der Waals surface area contributed by atoms with E-state index in [-0.39, 0.29) is 40.3 Å². The van der Waals surface area contributed by atoms with Crippen molar-refractivity contribution in [3.8, 4) is 34.4 Å². The van der Waals surface area contributed by atoms with E-state index >= 15 is 0 Å². The summed E-state index contributed by atoms with van der Waals surface area (Å²) in [7, 11) is 20.2. The number of rotatable bonds is 29. The molecule has 31 heteroatoms. The Morgan fingerprint density at radius 1 is 0.510 bits per heavy atom. The summed E-state index contributed by atoms with van der Waals surface area (Å²) in [6.45, 7) is 7.34. The fourth-order valence-electron chi connectivity index (χ4n) is 9.07. The molecule has 0 saturated carbocycles. The number of aliphatic hydroxyl groups is 1. The van der Waals surface area contributed by atoms with E-state index in [1.807, 2.05) is 85.5 Å². The molecule has 0 amide bonds. The Hall–Kier alpha value is -8.64. The zero-order valence-corrected chi connectivity index (χ0v) is 63.3. The number of aliphatic imine (C=N–C) groups is 1. The van der Waals surface area contributed by atoms with E-state index in [9.17, 15) is 34.2 Å². The molecule has 0 aliphatic carbocycles. The molecular formula is C73H96Cl5FN14O11. The third-order valence-corrected chi connectivity index (χ3v) is 15.9. The number of aliphatic hydroxyl groups excluding tert-OH is 1. The molecule has 0 unspecified atom stereocenters. The molecule has 0 fully saturated rings. The van der Waals surface area contributed by atoms with Crippen LogP contribution in [0.4, 0.5) is 44.2 Å². The first-order valence-electron chi connectivity index (χ1n) is 32.4. The molecule has 104 heavy (non-hydrogen) atoms. The summed E-state index contributed by atoms with van der Waals surface area (Å²) in [5, 5.41) is 31.0. The summed E-state index contributed by atoms with van der Waals surface area (Å²) in [5.74, 6) is 2.15. The molecule has 0 radical (unpaired) electrons. The van der Waals surface area contributed by atoms with E-state index in [0.717, 1.165) is 135 Å². The van der Waals surface area contributed by atoms with Gasteiger partial charge in [-0.15, -0.1) is 0 Å². The first-order chi connectivity index (χ1) is 48.8. The van der Waals surface area contributed by atoms with Gasteiger partial charge in [-0.25, -0.2) is 9.37 Å². The first-order valence-corrected chi connectivity index (χ1v) is 34.3. The first kappa shape index (κ1) is 89.6. The molecule has 2 heterocycles. The number of aromatic nitrogens is 2. The van der Waals surface area contributed by atoms with Gasteiger partial charge in [-0.2, -0.15) is 0 Å². The molecule has 1 aliphatic heterocycles. The van der Waals surface area contributed by atoms with Crippen LogP contribution in [0.1, 0.15) is 71.4 Å². The highest BCUT2D eigenvalue weighted by molar-refractivity contribution is 6.34. The van der Waals surface area contributed by atoms with Gasteiger partial charge < -0.3 is 76.5 Å². The van der Waals surface area contributed by atoms with Crippen LogP contribution >= 0.6 is 58.0 Å². The molecule has 0 saturated heterocycles. The third kappa shape index (κ3) is 31.4. The minimum Gasteiger partial charge on any atom is -0.492 e. The van der Waals surface area contributed by atoms with Crippen molar-refractivity contribution in [3.63, 3.8) is 0 Å². The monoisotopic (exact) mass is 1540 g/mol. The highest BCUT2D eigenvalue weighted by Gasteiger charge is 2.21. The number of halogens is 6. The Morgan fingerprint density at radius 2 is 0.885 bits per heavy atom. The Kier molecular flexibility index (Phi) is 39.8. The van der Waals surface area contributed by atoms with Crippen molar-refractivity contribution in [2.75, 3.05) is 159 Å². The summed E-state index contributed by atoms with van der Waals surface area (Å²) < 4.78 is 35.4. The van der Waals surface area contributed by atoms with Crippen molar-refractivity contribution in [1.82, 2.24) is 34.5 Å². The van der Waals surface area contributed by atoms with Gasteiger partial charge in [0, 0.05) is 74.1 Å². The average molecular weight is 1540 g/mol. The number of H-pyrrole nitrogens is 1. The average Bonchev–Trinajstić information content (AvgIpc) is 1.65. The van der Waals surface area contributed by atoms with E-state index < -0.39 is 21.4 Å². The number of benzene rings is 7. The number of nitro benzene ring substituents is 2. The standard InChI is InChI=1S/C31H35Cl2N5O2.C11H16ClN3O3.C11H18ClN3O.C8H6O2.C6H4ClFN2O2.C5H13NO.CH4/c1-37(2)11-5-13-39-29-18-26-22(15-23(29)32)16-25(34-26)20-7-9-21(10-8-20)31-35-27-17-24(33)30(19-28(27)36-31)40-14-6-12-38(3)4;1-14(2)4-3-5-18-11-7-10(15(16)17)9(13)6-8(11)12;1-15(2)4-3-5-16-11-7-10(14)9(13)6-8(11)12;9-5-7-1-2-8(6-10)4-3-7;7-3-1-5(9)6(10(11)12)2-4(3)8;1-6(2)4-3-5-7;/h7-10,15,17-19H,5-6,11-14,16H2,1-4H3,(H,35,36);6-7H,3-5,13H2,1-2H3;6-7H,3-5,13-14H2,1-2H3;1-6H;1-2H,9H2;7H,3-5H2,1-2H3;1H4. The minimum atomic E-state index is -0.849. The van der Waals surface area contributed by atoms with Gasteiger partial charge >= 0.3 is 0 Å². The topological polar surface area (TPSA) is 339 Å². The Balaban J connectivity index is 0.000000365. The van der Waals surface area contributed by atoms with Gasteiger partial charge in [0.1, 0.15) is 58.6 Å². The van der Waals surface area contributed by atoms with Crippen molar-refractivity contribution in [2.45, 2.75) is 46.0 Å². The van der Waals surface area contributed by atoms with E-state index in [2.05, 4.69) is 62.9 Å². The number of nitrogen functional groups attached to an aromatic ring is 4. The third-order valence-electron chi connectivity index (χ3n) is 14.5. The summed E-state index contributed by atoms with van der Waals surface area (Å²) in [5.41, 5.74) is 30.1. The van der Waals surface area contributed by atoms with Gasteiger partial charge in [0.15, 0.2) is 0 Å². The molecule has 0 bridgehead atoms. The number of nitrogens with two attached hydrogens (primary N) is 4. The van der Waals surface area contributed by atoms with Crippen LogP contribution in [0.2, 0.25) is 25.1 Å². The lowest BCUT2D eigenvalue weighted by atomic mass is 10.0. The number of fused-ring (bicyclic) bond motifs is 2. The SMILES string of the molecule is C.CN(C)CCCO.CN(C)CCCOc1cc(N)c(N)cc1Cl.CN(C)CCCOc1cc([N+](=O)[O-])c(N)cc1Cl.CN(C)CCCOc1cc2c(cc1Cl)CC(c1ccc(-c3nc4cc(OCCCN(C)C)c(Cl)cc4[nH]3)cc1)=N2.Nc1cc(Cl)c(F)cc1[N+](=O)[O-].O=Cc1ccc(C=O)cc1. The van der Waals surface area contributed by atoms with Gasteiger partial charge in [-0.1, -0.05) is 114 Å². The maximum atomic E-state index is 12.6. The van der Waals surface area contributed by atoms with Crippen molar-refractivity contribution >= 4 is 127 Å². The molecule has 1 aromatic heterocycles. The maximum absolute atomic E-state index is 12.6. The van der Waals surface area contributed by atoms with Crippen LogP contribution in [-0.4, -0.2) is 204 Å². The van der Waals surface area contributed by atoms with Crippen LogP contribution in [0.25, 0.3) is 22.4 Å². The van der Waals surface area contributed by atoms with Crippen molar-refractivity contribution in [2.24, 2.45) is 4.99 Å². The second kappa shape index (κ2) is 46.2. The second-order valence-corrected chi connectivity index (χ2v) is 26.5. The van der Waals surface area contributed by atoms with Crippen LogP contribution in [0.3, 0.4) is 0 Å². The number of hydrogen-bond acceptors (Lipinski definition) is 22. The zero-order valence-electron chi connectivity index (χ0n) is 59.5. The highest BCUT2D eigenvalue weighted by atomic mass is 35.5. The molecule has 566 valence electrons. The van der Waals surface area contributed by atoms with Gasteiger partial charge in [0.05, 0.1) is 107 Å². The number of hydrogen-bond donors (Lipinski definition) is 6. The molecule has 25 nitrogen and oxygen atoms in total. The lowest BCUT2D eigenvalue weighted by molar-refractivity contribution is -0.384. The van der Waals surface area contributed by atoms with E-state index in [1.165, 1.54) is 12.1 Å². The lowest BCUT2D eigenvalue weighted by Crippen LogP contribution is -2.15. The molecule has 9 rings (SSSR count). The van der Waals surface area contributed by atoms with E-state index in [4.69, 9.17) is 115 Å². The molecule has 1 aliphatic rings. The Morgan fingerprint density at radius 3 is 1.32 bits per heavy atom. The fraction of sp³-hybridized carbons (Fsp3) is 0.370. The van der Waals surface area contributed by atoms with E-state index in [0.29, 0.717) is 93.9 Å². The summed E-state index contributed by atoms with van der Waals surface area (Å²) in [6, 6.07) is 30.0. The van der Waals surface area contributed by atoms with Crippen LogP contribution < -0.4 is 41.9 Å². The van der Waals surface area contributed by atoms with Crippen LogP contribution in [0.15, 0.2) is 114 Å². The van der Waals surface area contributed by atoms with Crippen molar-refractivity contribution in [3.05, 3.63) is 183 Å². The summed E-state index contributed by atoms with van der Waals surface area (Å²) in [6.07, 6.45) is 6.71. The molecule has 7 aromatic carbocycles. The maximum Gasteiger partial charge on any atom is 0.295 e. The summed E-state index contributed by atoms with van der Waals surface area (Å²) in [4.78, 5) is 63.4. The Labute approximate surface area is 632 Å². The number of imidazole rings is 1. The molecular weight excluding hydrogens is 1450 g/mol. The second-order valence-electron chi connectivity index (χ2n) is 24.5. The highest BCUT2D eigenvalue weighted by Crippen LogP contribution is 2.39. The summed E-state index contributed by atoms with van der Waals surface area (Å²) >= 11 is 30.2. The molecule has 0 atom stereocenters. The predicted molar refractivity (Wildman–Crippen MR) is 422 cm³/mol. The van der Waals surface area contributed by atoms with Gasteiger partial charge in [0.2, 0.25) is 0 Å². The van der Waals surface area contributed by atoms with Crippen molar-refractivity contribution in [1.29, 1.82) is 0 Å². The van der Waals surface area contributed by atoms with Gasteiger partial charge in [0.25, 0.3) is 11.4 Å². The van der Waals surface area contributed by atoms with Crippen LogP contribution in [0.5, 0.6) is 23.0 Å². The number of ether oxygens (including phenoxy) is 4. The normalized spacial score (nSPS) is 11.1. The Bertz CT molecular complexity index is 4030. The zero-order chi connectivity index (χ0) is 76.5. The van der Waals surface area contributed by atoms with E-state index in [1.54, 1.807) is 36.4 Å². The minimum absolute atomic E-state index is 0. The fourth-order valence-corrected chi connectivity index (χ4v) is 10.2. The number of nitrogens with zero attached hydrogens (tertiary/aromatic N) is 9. The number of carbonyl (C=O) groups excluding carboxylic acids is 2. The van der Waals surface area contributed by atoms with Crippen molar-refractivity contribution < 1.29 is 47.9 Å². The largest absolute Gasteiger partial charge is 0.492 e. The lowest BCUT2D eigenvalue weighted by Gasteiger charge is -2.12. The van der Waals surface area contributed by atoms with Crippen LogP contribution in [-0.2, 0) is 6.42 Å². The molecule has 10 N–H and O–H groups in total. The number of aldehydes is 2. The smallest absolute Gasteiger partial charge is 0.295 e. The molecule has 8 aromatic rings. The van der Waals surface area contributed by atoms with Crippen LogP contribution in [0, 0.1) is 26.0 Å². The number of anilines is 4. The number of nitrogens with one attached hydrogen (secondary N) is 1. The van der Waals surface area contributed by atoms with Gasteiger partial charge in [-0.3, -0.25) is 34.8 Å². The number of nitro groups is 2.